The number of thioether (sulfide) groups is 1. The number of aromatic nitrogens is 2. The Bertz CT molecular complexity index is 603. The van der Waals surface area contributed by atoms with Crippen LogP contribution in [0.5, 0.6) is 0 Å². The first-order valence-electron chi connectivity index (χ1n) is 7.04. The Kier molecular flexibility index (Phi) is 3.54. The quantitative estimate of drug-likeness (QED) is 0.876. The standard InChI is InChI=1S/C15H21N3S/c1-10(9-16)19-15-17-13-7-11-5-3-4-6-12(11)8-14(13)18(15)2/h7-8,10H,3-6,9,16H2,1-2H3. The smallest absolute Gasteiger partial charge is 0.169 e. The molecule has 4 heteroatoms. The molecule has 0 saturated carbocycles. The van der Waals surface area contributed by atoms with E-state index in [9.17, 15) is 0 Å². The number of fused-ring (bicyclic) bond motifs is 2. The Labute approximate surface area is 118 Å². The monoisotopic (exact) mass is 275 g/mol. The molecule has 1 aliphatic carbocycles. The second-order valence-corrected chi connectivity index (χ2v) is 6.84. The molecule has 0 saturated heterocycles. The third kappa shape index (κ3) is 2.39. The van der Waals surface area contributed by atoms with E-state index in [1.807, 2.05) is 0 Å². The predicted octanol–water partition coefficient (Wildman–Crippen LogP) is 2.89. The van der Waals surface area contributed by atoms with Crippen LogP contribution in [-0.2, 0) is 19.9 Å². The van der Waals surface area contributed by atoms with Gasteiger partial charge in [-0.2, -0.15) is 0 Å². The van der Waals surface area contributed by atoms with E-state index in [2.05, 4.69) is 30.7 Å². The number of rotatable bonds is 3. The molecule has 0 spiro atoms. The lowest BCUT2D eigenvalue weighted by Crippen LogP contribution is -2.13. The van der Waals surface area contributed by atoms with Gasteiger partial charge in [0.2, 0.25) is 0 Å². The fourth-order valence-corrected chi connectivity index (χ4v) is 3.60. The zero-order valence-electron chi connectivity index (χ0n) is 11.6. The van der Waals surface area contributed by atoms with Crippen molar-refractivity contribution in [2.75, 3.05) is 6.54 Å². The topological polar surface area (TPSA) is 43.8 Å². The van der Waals surface area contributed by atoms with Crippen molar-refractivity contribution in [3.63, 3.8) is 0 Å². The van der Waals surface area contributed by atoms with Crippen LogP contribution in [0.4, 0.5) is 0 Å². The molecule has 1 aliphatic rings. The average Bonchev–Trinajstić information content (AvgIpc) is 2.72. The number of hydrogen-bond acceptors (Lipinski definition) is 3. The second-order valence-electron chi connectivity index (χ2n) is 5.43. The first-order valence-corrected chi connectivity index (χ1v) is 7.92. The summed E-state index contributed by atoms with van der Waals surface area (Å²) in [5, 5.41) is 1.49. The highest BCUT2D eigenvalue weighted by Crippen LogP contribution is 2.30. The molecule has 2 aromatic rings. The van der Waals surface area contributed by atoms with Gasteiger partial charge in [-0.3, -0.25) is 0 Å². The third-order valence-electron chi connectivity index (χ3n) is 3.94. The van der Waals surface area contributed by atoms with E-state index in [1.54, 1.807) is 11.8 Å². The summed E-state index contributed by atoms with van der Waals surface area (Å²) in [4.78, 5) is 4.78. The third-order valence-corrected chi connectivity index (χ3v) is 5.11. The summed E-state index contributed by atoms with van der Waals surface area (Å²) in [6, 6.07) is 4.63. The molecule has 102 valence electrons. The van der Waals surface area contributed by atoms with Crippen LogP contribution in [-0.4, -0.2) is 21.3 Å². The molecule has 0 bridgehead atoms. The van der Waals surface area contributed by atoms with Gasteiger partial charge in [0.1, 0.15) is 0 Å². The molecule has 1 aromatic carbocycles. The van der Waals surface area contributed by atoms with Crippen LogP contribution in [0, 0.1) is 0 Å². The van der Waals surface area contributed by atoms with Crippen LogP contribution >= 0.6 is 11.8 Å². The Morgan fingerprint density at radius 2 is 2.00 bits per heavy atom. The maximum atomic E-state index is 5.71. The van der Waals surface area contributed by atoms with Crippen molar-refractivity contribution in [3.8, 4) is 0 Å². The molecular weight excluding hydrogens is 254 g/mol. The number of aryl methyl sites for hydroxylation is 3. The minimum atomic E-state index is 0.408. The fraction of sp³-hybridized carbons (Fsp3) is 0.533. The number of imidazole rings is 1. The van der Waals surface area contributed by atoms with Crippen LogP contribution in [0.3, 0.4) is 0 Å². The van der Waals surface area contributed by atoms with Gasteiger partial charge in [0.25, 0.3) is 0 Å². The van der Waals surface area contributed by atoms with Gasteiger partial charge in [-0.05, 0) is 48.9 Å². The summed E-state index contributed by atoms with van der Waals surface area (Å²) < 4.78 is 2.21. The zero-order valence-corrected chi connectivity index (χ0v) is 12.5. The van der Waals surface area contributed by atoms with Gasteiger partial charge in [0.15, 0.2) is 5.16 Å². The van der Waals surface area contributed by atoms with Crippen molar-refractivity contribution < 1.29 is 0 Å². The molecular formula is C15H21N3S. The van der Waals surface area contributed by atoms with Crippen LogP contribution in [0.1, 0.15) is 30.9 Å². The zero-order chi connectivity index (χ0) is 13.4. The molecule has 3 nitrogen and oxygen atoms in total. The summed E-state index contributed by atoms with van der Waals surface area (Å²) in [7, 11) is 2.11. The van der Waals surface area contributed by atoms with Crippen LogP contribution in [0.2, 0.25) is 0 Å². The molecule has 1 aromatic heterocycles. The molecule has 1 unspecified atom stereocenters. The van der Waals surface area contributed by atoms with Crippen molar-refractivity contribution in [2.45, 2.75) is 43.0 Å². The van der Waals surface area contributed by atoms with Crippen LogP contribution in [0.25, 0.3) is 11.0 Å². The fourth-order valence-electron chi connectivity index (χ4n) is 2.73. The Morgan fingerprint density at radius 3 is 2.68 bits per heavy atom. The predicted molar refractivity (Wildman–Crippen MR) is 81.7 cm³/mol. The molecule has 1 atom stereocenters. The molecule has 19 heavy (non-hydrogen) atoms. The lowest BCUT2D eigenvalue weighted by Gasteiger charge is -2.15. The Balaban J connectivity index is 2.05. The summed E-state index contributed by atoms with van der Waals surface area (Å²) >= 11 is 1.77. The van der Waals surface area contributed by atoms with Gasteiger partial charge < -0.3 is 10.3 Å². The van der Waals surface area contributed by atoms with Crippen molar-refractivity contribution in [3.05, 3.63) is 23.3 Å². The van der Waals surface area contributed by atoms with E-state index in [0.717, 1.165) is 10.7 Å². The summed E-state index contributed by atoms with van der Waals surface area (Å²) in [5.74, 6) is 0. The Hall–Kier alpha value is -1.00. The SMILES string of the molecule is CC(CN)Sc1nc2cc3c(cc2n1C)CCCC3. The van der Waals surface area contributed by atoms with E-state index < -0.39 is 0 Å². The first-order chi connectivity index (χ1) is 9.19. The highest BCUT2D eigenvalue weighted by Gasteiger charge is 2.15. The van der Waals surface area contributed by atoms with Gasteiger partial charge >= 0.3 is 0 Å². The second kappa shape index (κ2) is 5.17. The Morgan fingerprint density at radius 1 is 1.32 bits per heavy atom. The lowest BCUT2D eigenvalue weighted by molar-refractivity contribution is 0.686. The van der Waals surface area contributed by atoms with Crippen LogP contribution < -0.4 is 5.73 Å². The minimum Gasteiger partial charge on any atom is -0.329 e. The summed E-state index contributed by atoms with van der Waals surface area (Å²) in [5.41, 5.74) is 11.1. The van der Waals surface area contributed by atoms with Crippen molar-refractivity contribution in [1.29, 1.82) is 0 Å². The highest BCUT2D eigenvalue weighted by atomic mass is 32.2. The molecule has 2 N–H and O–H groups in total. The number of nitrogens with zero attached hydrogens (tertiary/aromatic N) is 2. The first kappa shape index (κ1) is 13.0. The largest absolute Gasteiger partial charge is 0.329 e. The molecule has 1 heterocycles. The highest BCUT2D eigenvalue weighted by molar-refractivity contribution is 7.99. The summed E-state index contributed by atoms with van der Waals surface area (Å²) in [6.07, 6.45) is 5.07. The molecule has 0 fully saturated rings. The van der Waals surface area contributed by atoms with Crippen molar-refractivity contribution in [1.82, 2.24) is 9.55 Å². The van der Waals surface area contributed by atoms with Crippen molar-refractivity contribution in [2.24, 2.45) is 12.8 Å². The number of benzene rings is 1. The number of nitrogens with two attached hydrogens (primary N) is 1. The molecule has 3 rings (SSSR count). The normalized spacial score (nSPS) is 16.6. The minimum absolute atomic E-state index is 0.408. The van der Waals surface area contributed by atoms with Crippen molar-refractivity contribution >= 4 is 22.8 Å². The van der Waals surface area contributed by atoms with E-state index in [1.165, 1.54) is 42.3 Å². The maximum absolute atomic E-state index is 5.71. The lowest BCUT2D eigenvalue weighted by atomic mass is 9.91. The van der Waals surface area contributed by atoms with E-state index in [4.69, 9.17) is 10.7 Å². The van der Waals surface area contributed by atoms with E-state index >= 15 is 0 Å². The van der Waals surface area contributed by atoms with Gasteiger partial charge in [-0.25, -0.2) is 4.98 Å². The van der Waals surface area contributed by atoms with E-state index in [0.29, 0.717) is 11.8 Å². The van der Waals surface area contributed by atoms with E-state index in [-0.39, 0.29) is 0 Å². The van der Waals surface area contributed by atoms with Gasteiger partial charge in [0, 0.05) is 18.8 Å². The molecule has 0 radical (unpaired) electrons. The average molecular weight is 275 g/mol. The van der Waals surface area contributed by atoms with Gasteiger partial charge in [-0.1, -0.05) is 18.7 Å². The summed E-state index contributed by atoms with van der Waals surface area (Å²) in [6.45, 7) is 2.83. The van der Waals surface area contributed by atoms with Gasteiger partial charge in [0.05, 0.1) is 11.0 Å². The molecule has 0 aliphatic heterocycles. The number of hydrogen-bond donors (Lipinski definition) is 1. The van der Waals surface area contributed by atoms with Gasteiger partial charge in [-0.15, -0.1) is 0 Å². The van der Waals surface area contributed by atoms with Crippen LogP contribution in [0.15, 0.2) is 17.3 Å². The maximum Gasteiger partial charge on any atom is 0.169 e. The molecule has 0 amide bonds.